The second-order valence-corrected chi connectivity index (χ2v) is 22.6. The fourth-order valence-electron chi connectivity index (χ4n) is 3.97. The molecule has 0 bridgehead atoms. The van der Waals surface area contributed by atoms with Crippen molar-refractivity contribution in [2.75, 3.05) is 0 Å². The SMILES string of the molecule is C[CH](C)[Sn]([O]C(=O)c1cccc2ccccc12)([CH](C)C)[CH](C)C. The summed E-state index contributed by atoms with van der Waals surface area (Å²) < 4.78 is 7.77. The van der Waals surface area contributed by atoms with E-state index in [1.165, 1.54) is 0 Å². The molecule has 0 saturated carbocycles. The first kappa shape index (κ1) is 18.3. The van der Waals surface area contributed by atoms with Crippen LogP contribution in [0.25, 0.3) is 10.8 Å². The van der Waals surface area contributed by atoms with E-state index in [1.54, 1.807) is 0 Å². The molecule has 0 N–H and O–H groups in total. The fraction of sp³-hybridized carbons (Fsp3) is 0.450. The number of rotatable bonds is 5. The molecule has 0 spiro atoms. The third-order valence-corrected chi connectivity index (χ3v) is 22.0. The van der Waals surface area contributed by atoms with Gasteiger partial charge in [-0.3, -0.25) is 0 Å². The van der Waals surface area contributed by atoms with Crippen molar-refractivity contribution in [3.05, 3.63) is 48.0 Å². The van der Waals surface area contributed by atoms with Crippen LogP contribution in [0.1, 0.15) is 51.9 Å². The van der Waals surface area contributed by atoms with Crippen LogP contribution in [0.2, 0.25) is 11.8 Å². The van der Waals surface area contributed by atoms with Gasteiger partial charge in [0, 0.05) is 0 Å². The summed E-state index contributed by atoms with van der Waals surface area (Å²) in [6.45, 7) is 13.4. The monoisotopic (exact) mass is 420 g/mol. The van der Waals surface area contributed by atoms with E-state index in [2.05, 4.69) is 41.5 Å². The van der Waals surface area contributed by atoms with E-state index in [0.29, 0.717) is 17.4 Å². The maximum atomic E-state index is 13.0. The molecule has 23 heavy (non-hydrogen) atoms. The molecule has 0 heterocycles. The molecule has 3 heteroatoms. The molecule has 0 aromatic heterocycles. The molecule has 124 valence electrons. The van der Waals surface area contributed by atoms with Crippen molar-refractivity contribution in [3.8, 4) is 0 Å². The minimum absolute atomic E-state index is 0.131. The second kappa shape index (κ2) is 7.25. The molecule has 0 aliphatic heterocycles. The van der Waals surface area contributed by atoms with Crippen LogP contribution < -0.4 is 0 Å². The Kier molecular flexibility index (Phi) is 5.77. The zero-order valence-electron chi connectivity index (χ0n) is 15.1. The molecule has 0 aliphatic carbocycles. The zero-order chi connectivity index (χ0) is 17.2. The predicted molar refractivity (Wildman–Crippen MR) is 100 cm³/mol. The third kappa shape index (κ3) is 3.42. The van der Waals surface area contributed by atoms with Crippen LogP contribution in [0.5, 0.6) is 0 Å². The van der Waals surface area contributed by atoms with E-state index in [-0.39, 0.29) is 5.97 Å². The summed E-state index contributed by atoms with van der Waals surface area (Å²) in [5.74, 6) is -0.131. The number of hydrogen-bond donors (Lipinski definition) is 0. The molecule has 0 amide bonds. The quantitative estimate of drug-likeness (QED) is 0.542. The van der Waals surface area contributed by atoms with Crippen LogP contribution in [0, 0.1) is 0 Å². The van der Waals surface area contributed by atoms with Crippen molar-refractivity contribution in [2.45, 2.75) is 53.3 Å². The molecule has 0 radical (unpaired) electrons. The van der Waals surface area contributed by atoms with Gasteiger partial charge in [-0.05, 0) is 0 Å². The number of benzene rings is 2. The molecule has 2 nitrogen and oxygen atoms in total. The van der Waals surface area contributed by atoms with Gasteiger partial charge in [-0.15, -0.1) is 0 Å². The maximum absolute atomic E-state index is 13.0. The van der Waals surface area contributed by atoms with Crippen LogP contribution in [-0.2, 0) is 3.07 Å². The summed E-state index contributed by atoms with van der Waals surface area (Å²) in [6.07, 6.45) is 0. The first-order valence-electron chi connectivity index (χ1n) is 8.51. The summed E-state index contributed by atoms with van der Waals surface area (Å²) in [5.41, 5.74) is 0.700. The van der Waals surface area contributed by atoms with Gasteiger partial charge in [0.2, 0.25) is 0 Å². The van der Waals surface area contributed by atoms with Gasteiger partial charge in [-0.25, -0.2) is 0 Å². The Bertz CT molecular complexity index is 662. The molecule has 0 unspecified atom stereocenters. The van der Waals surface area contributed by atoms with E-state index in [9.17, 15) is 4.79 Å². The molecule has 2 rings (SSSR count). The van der Waals surface area contributed by atoms with Gasteiger partial charge < -0.3 is 0 Å². The van der Waals surface area contributed by atoms with Crippen molar-refractivity contribution in [2.24, 2.45) is 0 Å². The van der Waals surface area contributed by atoms with E-state index in [1.807, 2.05) is 42.5 Å². The predicted octanol–water partition coefficient (Wildman–Crippen LogP) is 6.17. The van der Waals surface area contributed by atoms with E-state index in [4.69, 9.17) is 3.07 Å². The van der Waals surface area contributed by atoms with Crippen molar-refractivity contribution >= 4 is 35.5 Å². The van der Waals surface area contributed by atoms with E-state index in [0.717, 1.165) is 10.8 Å². The third-order valence-electron chi connectivity index (χ3n) is 4.99. The summed E-state index contributed by atoms with van der Waals surface area (Å²) in [4.78, 5) is 13.0. The fourth-order valence-corrected chi connectivity index (χ4v) is 18.6. The summed E-state index contributed by atoms with van der Waals surface area (Å²) in [7, 11) is 0. The van der Waals surface area contributed by atoms with Gasteiger partial charge in [-0.2, -0.15) is 0 Å². The second-order valence-electron chi connectivity index (χ2n) is 7.23. The van der Waals surface area contributed by atoms with Gasteiger partial charge in [0.05, 0.1) is 0 Å². The molecule has 0 atom stereocenters. The summed E-state index contributed by atoms with van der Waals surface area (Å²) in [5, 5.41) is 2.07. The number of hydrogen-bond acceptors (Lipinski definition) is 2. The molecule has 2 aromatic carbocycles. The Morgan fingerprint density at radius 2 is 1.35 bits per heavy atom. The number of carbonyl (C=O) groups excluding carboxylic acids is 1. The van der Waals surface area contributed by atoms with Crippen molar-refractivity contribution < 1.29 is 7.87 Å². The summed E-state index contributed by atoms with van der Waals surface area (Å²) >= 11 is -3.10. The number of fused-ring (bicyclic) bond motifs is 1. The minimum atomic E-state index is -3.10. The van der Waals surface area contributed by atoms with E-state index < -0.39 is 18.8 Å². The Morgan fingerprint density at radius 3 is 1.91 bits per heavy atom. The van der Waals surface area contributed by atoms with Crippen LogP contribution in [0.15, 0.2) is 42.5 Å². The topological polar surface area (TPSA) is 26.3 Å². The average Bonchev–Trinajstić information content (AvgIpc) is 2.50. The Hall–Kier alpha value is -1.03. The standard InChI is InChI=1S/C11H8O2.3C3H7.Sn/c12-11(13)10-7-3-5-8-4-1-2-6-9(8)10;3*1-3-2;/h1-7H,(H,12,13);3*3H,1-2H3;/q;;;;+1/p-1. The normalized spacial score (nSPS) is 12.4. The first-order valence-corrected chi connectivity index (χ1v) is 14.6. The van der Waals surface area contributed by atoms with Gasteiger partial charge in [-0.1, -0.05) is 0 Å². The zero-order valence-corrected chi connectivity index (χ0v) is 17.9. The molecule has 2 aromatic rings. The molecule has 0 saturated heterocycles. The first-order chi connectivity index (χ1) is 10.8. The Labute approximate surface area is 144 Å². The van der Waals surface area contributed by atoms with Crippen LogP contribution >= 0.6 is 0 Å². The van der Waals surface area contributed by atoms with Crippen LogP contribution in [0.3, 0.4) is 0 Å². The number of carbonyl (C=O) groups is 1. The summed E-state index contributed by atoms with van der Waals surface area (Å²) in [6, 6.07) is 13.9. The molecular formula is C20H28O2Sn. The van der Waals surface area contributed by atoms with Crippen molar-refractivity contribution in [1.29, 1.82) is 0 Å². The van der Waals surface area contributed by atoms with E-state index >= 15 is 0 Å². The van der Waals surface area contributed by atoms with Crippen molar-refractivity contribution in [1.82, 2.24) is 0 Å². The van der Waals surface area contributed by atoms with Gasteiger partial charge in [0.1, 0.15) is 0 Å². The van der Waals surface area contributed by atoms with Gasteiger partial charge in [0.25, 0.3) is 0 Å². The van der Waals surface area contributed by atoms with Gasteiger partial charge >= 0.3 is 145 Å². The molecule has 0 aliphatic rings. The van der Waals surface area contributed by atoms with Gasteiger partial charge in [0.15, 0.2) is 0 Å². The molecular weight excluding hydrogens is 391 g/mol. The Balaban J connectivity index is 2.46. The molecule has 0 fully saturated rings. The average molecular weight is 419 g/mol. The van der Waals surface area contributed by atoms with Crippen LogP contribution in [-0.4, -0.2) is 24.8 Å². The Morgan fingerprint density at radius 1 is 0.826 bits per heavy atom. The van der Waals surface area contributed by atoms with Crippen molar-refractivity contribution in [3.63, 3.8) is 0 Å². The van der Waals surface area contributed by atoms with Crippen LogP contribution in [0.4, 0.5) is 0 Å².